The molecule has 3 aromatic rings. The van der Waals surface area contributed by atoms with Gasteiger partial charge in [0, 0.05) is 36.9 Å². The van der Waals surface area contributed by atoms with E-state index in [1.807, 2.05) is 42.2 Å². The van der Waals surface area contributed by atoms with Crippen molar-refractivity contribution in [3.05, 3.63) is 48.4 Å². The lowest BCUT2D eigenvalue weighted by Gasteiger charge is -2.03. The van der Waals surface area contributed by atoms with Crippen LogP contribution in [0, 0.1) is 0 Å². The molecular formula is C14H16N4O2S. The first-order valence-electron chi connectivity index (χ1n) is 6.53. The highest BCUT2D eigenvalue weighted by atomic mass is 32.2. The highest BCUT2D eigenvalue weighted by molar-refractivity contribution is 7.89. The molecule has 0 unspecified atom stereocenters. The number of aryl methyl sites for hydroxylation is 3. The van der Waals surface area contributed by atoms with Gasteiger partial charge in [-0.25, -0.2) is 13.6 Å². The molecular weight excluding hydrogens is 288 g/mol. The Balaban J connectivity index is 1.99. The van der Waals surface area contributed by atoms with E-state index in [-0.39, 0.29) is 4.90 Å². The molecule has 7 heteroatoms. The topological polar surface area (TPSA) is 82.9 Å². The van der Waals surface area contributed by atoms with Gasteiger partial charge in [0.2, 0.25) is 10.0 Å². The molecule has 0 spiro atoms. The third-order valence-electron chi connectivity index (χ3n) is 3.46. The summed E-state index contributed by atoms with van der Waals surface area (Å²) in [5.41, 5.74) is 1.97. The molecule has 0 saturated heterocycles. The summed E-state index contributed by atoms with van der Waals surface area (Å²) in [5.74, 6) is 0. The van der Waals surface area contributed by atoms with Crippen molar-refractivity contribution >= 4 is 20.9 Å². The van der Waals surface area contributed by atoms with Crippen LogP contribution < -0.4 is 5.14 Å². The van der Waals surface area contributed by atoms with Crippen LogP contribution in [0.2, 0.25) is 0 Å². The summed E-state index contributed by atoms with van der Waals surface area (Å²) in [6.07, 6.45) is 6.14. The Morgan fingerprint density at radius 2 is 2.00 bits per heavy atom. The second-order valence-corrected chi connectivity index (χ2v) is 6.55. The number of hydrogen-bond donors (Lipinski definition) is 1. The van der Waals surface area contributed by atoms with E-state index in [4.69, 9.17) is 5.14 Å². The van der Waals surface area contributed by atoms with Crippen LogP contribution in [0.3, 0.4) is 0 Å². The van der Waals surface area contributed by atoms with E-state index in [2.05, 4.69) is 5.10 Å². The number of aromatic nitrogens is 3. The number of benzene rings is 1. The van der Waals surface area contributed by atoms with Crippen molar-refractivity contribution in [2.45, 2.75) is 17.9 Å². The second-order valence-electron chi connectivity index (χ2n) is 5.02. The monoisotopic (exact) mass is 304 g/mol. The predicted molar refractivity (Wildman–Crippen MR) is 80.2 cm³/mol. The van der Waals surface area contributed by atoms with Crippen molar-refractivity contribution in [2.75, 3.05) is 0 Å². The summed E-state index contributed by atoms with van der Waals surface area (Å²) in [5, 5.41) is 10.1. The molecule has 0 amide bonds. The van der Waals surface area contributed by atoms with Gasteiger partial charge < -0.3 is 4.57 Å². The average molecular weight is 304 g/mol. The van der Waals surface area contributed by atoms with Crippen LogP contribution in [0.25, 0.3) is 10.9 Å². The van der Waals surface area contributed by atoms with Crippen molar-refractivity contribution in [3.8, 4) is 0 Å². The zero-order valence-electron chi connectivity index (χ0n) is 11.6. The minimum atomic E-state index is -3.72. The number of fused-ring (bicyclic) bond motifs is 1. The third kappa shape index (κ3) is 2.70. The molecule has 0 bridgehead atoms. The summed E-state index contributed by atoms with van der Waals surface area (Å²) in [4.78, 5) is 0.171. The number of nitrogens with zero attached hydrogens (tertiary/aromatic N) is 3. The third-order valence-corrected chi connectivity index (χ3v) is 4.40. The molecule has 110 valence electrons. The lowest BCUT2D eigenvalue weighted by molar-refractivity contribution is 0.597. The number of rotatable bonds is 4. The Morgan fingerprint density at radius 1 is 1.24 bits per heavy atom. The largest absolute Gasteiger partial charge is 0.346 e. The maximum atomic E-state index is 11.7. The lowest BCUT2D eigenvalue weighted by Crippen LogP contribution is -2.11. The van der Waals surface area contributed by atoms with Gasteiger partial charge in [-0.1, -0.05) is 18.2 Å². The molecule has 2 N–H and O–H groups in total. The maximum absolute atomic E-state index is 11.7. The molecule has 1 aromatic carbocycles. The van der Waals surface area contributed by atoms with E-state index in [9.17, 15) is 8.42 Å². The van der Waals surface area contributed by atoms with Crippen LogP contribution in [0.15, 0.2) is 47.8 Å². The first-order valence-corrected chi connectivity index (χ1v) is 8.08. The van der Waals surface area contributed by atoms with Gasteiger partial charge >= 0.3 is 0 Å². The Kier molecular flexibility index (Phi) is 3.30. The van der Waals surface area contributed by atoms with Crippen molar-refractivity contribution in [2.24, 2.45) is 12.2 Å². The fourth-order valence-electron chi connectivity index (χ4n) is 2.48. The fourth-order valence-corrected chi connectivity index (χ4v) is 3.23. The number of nitrogens with two attached hydrogens (primary N) is 1. The molecule has 3 rings (SSSR count). The number of primary sulfonamides is 1. The van der Waals surface area contributed by atoms with Gasteiger partial charge in [-0.2, -0.15) is 5.10 Å². The Labute approximate surface area is 122 Å². The minimum absolute atomic E-state index is 0.171. The van der Waals surface area contributed by atoms with E-state index < -0.39 is 10.0 Å². The summed E-state index contributed by atoms with van der Waals surface area (Å²) in [7, 11) is -1.86. The molecule has 0 aliphatic rings. The van der Waals surface area contributed by atoms with Crippen molar-refractivity contribution in [1.29, 1.82) is 0 Å². The van der Waals surface area contributed by atoms with Gasteiger partial charge in [0.05, 0.1) is 6.20 Å². The summed E-state index contributed by atoms with van der Waals surface area (Å²) >= 11 is 0. The molecule has 0 aliphatic heterocycles. The van der Waals surface area contributed by atoms with Gasteiger partial charge in [0.25, 0.3) is 0 Å². The SMILES string of the molecule is Cn1cc(CCn2cc(S(N)(=O)=O)c3ccccc32)cn1. The van der Waals surface area contributed by atoms with E-state index in [0.29, 0.717) is 11.9 Å². The first-order chi connectivity index (χ1) is 9.95. The minimum Gasteiger partial charge on any atom is -0.346 e. The van der Waals surface area contributed by atoms with Crippen LogP contribution >= 0.6 is 0 Å². The van der Waals surface area contributed by atoms with E-state index in [1.54, 1.807) is 16.9 Å². The smallest absolute Gasteiger partial charge is 0.240 e. The summed E-state index contributed by atoms with van der Waals surface area (Å²) in [6, 6.07) is 7.36. The Hall–Kier alpha value is -2.12. The quantitative estimate of drug-likeness (QED) is 0.788. The van der Waals surface area contributed by atoms with Gasteiger partial charge in [0.1, 0.15) is 4.90 Å². The van der Waals surface area contributed by atoms with Crippen LogP contribution in [0.1, 0.15) is 5.56 Å². The Bertz CT molecular complexity index is 893. The van der Waals surface area contributed by atoms with E-state index in [0.717, 1.165) is 17.5 Å². The molecule has 6 nitrogen and oxygen atoms in total. The Morgan fingerprint density at radius 3 is 2.67 bits per heavy atom. The van der Waals surface area contributed by atoms with Crippen molar-refractivity contribution < 1.29 is 8.42 Å². The summed E-state index contributed by atoms with van der Waals surface area (Å²) < 4.78 is 27.0. The molecule has 0 radical (unpaired) electrons. The van der Waals surface area contributed by atoms with Crippen LogP contribution in [0.4, 0.5) is 0 Å². The van der Waals surface area contributed by atoms with Crippen LogP contribution in [-0.4, -0.2) is 22.8 Å². The normalized spacial score (nSPS) is 12.1. The molecule has 21 heavy (non-hydrogen) atoms. The summed E-state index contributed by atoms with van der Waals surface area (Å²) in [6.45, 7) is 0.668. The molecule has 0 aliphatic carbocycles. The highest BCUT2D eigenvalue weighted by Crippen LogP contribution is 2.24. The average Bonchev–Trinajstić information content (AvgIpc) is 3.00. The van der Waals surface area contributed by atoms with E-state index in [1.165, 1.54) is 0 Å². The zero-order chi connectivity index (χ0) is 15.0. The molecule has 0 fully saturated rings. The first kappa shape index (κ1) is 13.8. The van der Waals surface area contributed by atoms with Gasteiger partial charge in [-0.15, -0.1) is 0 Å². The van der Waals surface area contributed by atoms with Gasteiger partial charge in [-0.05, 0) is 18.1 Å². The number of para-hydroxylation sites is 1. The van der Waals surface area contributed by atoms with Crippen LogP contribution in [0.5, 0.6) is 0 Å². The molecule has 0 saturated carbocycles. The van der Waals surface area contributed by atoms with Crippen LogP contribution in [-0.2, 0) is 30.0 Å². The predicted octanol–water partition coefficient (Wildman–Crippen LogP) is 1.26. The maximum Gasteiger partial charge on any atom is 0.240 e. The molecule has 2 heterocycles. The fraction of sp³-hybridized carbons (Fsp3) is 0.214. The second kappa shape index (κ2) is 5.01. The zero-order valence-corrected chi connectivity index (χ0v) is 12.4. The molecule has 0 atom stereocenters. The highest BCUT2D eigenvalue weighted by Gasteiger charge is 2.16. The standard InChI is InChI=1S/C14H16N4O2S/c1-17-9-11(8-16-17)6-7-18-10-14(21(15,19)20)12-4-2-3-5-13(12)18/h2-5,8-10H,6-7H2,1H3,(H2,15,19,20). The van der Waals surface area contributed by atoms with Gasteiger partial charge in [-0.3, -0.25) is 4.68 Å². The van der Waals surface area contributed by atoms with Crippen molar-refractivity contribution in [1.82, 2.24) is 14.3 Å². The molecule has 2 aromatic heterocycles. The van der Waals surface area contributed by atoms with Crippen molar-refractivity contribution in [3.63, 3.8) is 0 Å². The number of sulfonamides is 1. The van der Waals surface area contributed by atoms with E-state index >= 15 is 0 Å². The lowest BCUT2D eigenvalue weighted by atomic mass is 10.2. The number of hydrogen-bond acceptors (Lipinski definition) is 3. The van der Waals surface area contributed by atoms with Gasteiger partial charge in [0.15, 0.2) is 0 Å².